The van der Waals surface area contributed by atoms with E-state index in [-0.39, 0.29) is 17.9 Å². The summed E-state index contributed by atoms with van der Waals surface area (Å²) in [6.07, 6.45) is 3.09. The second-order valence-electron chi connectivity index (χ2n) is 7.35. The van der Waals surface area contributed by atoms with Crippen molar-refractivity contribution in [3.8, 4) is 0 Å². The van der Waals surface area contributed by atoms with Crippen LogP contribution in [0.1, 0.15) is 39.3 Å². The molecule has 1 aliphatic rings. The number of rotatable bonds is 5. The van der Waals surface area contributed by atoms with Crippen molar-refractivity contribution in [2.75, 3.05) is 19.6 Å². The molecule has 2 heterocycles. The zero-order valence-electron chi connectivity index (χ0n) is 13.8. The summed E-state index contributed by atoms with van der Waals surface area (Å²) in [6.45, 7) is 8.54. The second-order valence-corrected chi connectivity index (χ2v) is 7.35. The Morgan fingerprint density at radius 3 is 2.82 bits per heavy atom. The van der Waals surface area contributed by atoms with E-state index in [1.54, 1.807) is 11.1 Å². The summed E-state index contributed by atoms with van der Waals surface area (Å²) in [4.78, 5) is 18.6. The Hall–Kier alpha value is -1.46. The van der Waals surface area contributed by atoms with Crippen molar-refractivity contribution < 1.29 is 9.90 Å². The summed E-state index contributed by atoms with van der Waals surface area (Å²) in [7, 11) is 0. The molecule has 1 aromatic heterocycles. The van der Waals surface area contributed by atoms with E-state index in [1.165, 1.54) is 0 Å². The fraction of sp³-hybridized carbons (Fsp3) is 0.647. The fourth-order valence-electron chi connectivity index (χ4n) is 2.85. The molecule has 0 bridgehead atoms. The van der Waals surface area contributed by atoms with Crippen molar-refractivity contribution in [1.82, 2.24) is 15.2 Å². The SMILES string of the molecule is CC(C)(C)CN1CCCC(O)(CNCc2ccccn2)C1=O. The molecule has 2 rings (SSSR count). The molecule has 0 aromatic carbocycles. The highest BCUT2D eigenvalue weighted by molar-refractivity contribution is 5.86. The molecule has 0 saturated carbocycles. The maximum atomic E-state index is 12.6. The van der Waals surface area contributed by atoms with Gasteiger partial charge in [0.15, 0.2) is 5.60 Å². The molecule has 1 amide bonds. The first-order valence-electron chi connectivity index (χ1n) is 7.93. The Morgan fingerprint density at radius 1 is 1.41 bits per heavy atom. The Morgan fingerprint density at radius 2 is 2.18 bits per heavy atom. The van der Waals surface area contributed by atoms with Crippen LogP contribution in [0.4, 0.5) is 0 Å². The fourth-order valence-corrected chi connectivity index (χ4v) is 2.85. The van der Waals surface area contributed by atoms with Gasteiger partial charge in [-0.15, -0.1) is 0 Å². The van der Waals surface area contributed by atoms with E-state index in [2.05, 4.69) is 31.1 Å². The molecule has 2 N–H and O–H groups in total. The van der Waals surface area contributed by atoms with Crippen LogP contribution in [0.15, 0.2) is 24.4 Å². The molecule has 1 unspecified atom stereocenters. The smallest absolute Gasteiger partial charge is 0.255 e. The van der Waals surface area contributed by atoms with Crippen molar-refractivity contribution in [2.24, 2.45) is 5.41 Å². The topological polar surface area (TPSA) is 65.5 Å². The molecule has 1 aromatic rings. The zero-order chi connectivity index (χ0) is 16.2. The minimum atomic E-state index is -1.29. The number of pyridine rings is 1. The van der Waals surface area contributed by atoms with Crippen LogP contribution >= 0.6 is 0 Å². The predicted molar refractivity (Wildman–Crippen MR) is 86.2 cm³/mol. The van der Waals surface area contributed by atoms with Gasteiger partial charge >= 0.3 is 0 Å². The Labute approximate surface area is 132 Å². The van der Waals surface area contributed by atoms with Crippen LogP contribution in [0, 0.1) is 5.41 Å². The molecule has 22 heavy (non-hydrogen) atoms. The highest BCUT2D eigenvalue weighted by Crippen LogP contribution is 2.25. The van der Waals surface area contributed by atoms with Crippen LogP contribution in [0.2, 0.25) is 0 Å². The van der Waals surface area contributed by atoms with Gasteiger partial charge in [-0.05, 0) is 30.4 Å². The first-order valence-corrected chi connectivity index (χ1v) is 7.93. The lowest BCUT2D eigenvalue weighted by Crippen LogP contribution is -2.59. The molecule has 1 saturated heterocycles. The number of amides is 1. The Bertz CT molecular complexity index is 498. The molecule has 0 aliphatic carbocycles. The van der Waals surface area contributed by atoms with Crippen molar-refractivity contribution in [2.45, 2.75) is 45.8 Å². The lowest BCUT2D eigenvalue weighted by Gasteiger charge is -2.41. The number of likely N-dealkylation sites (tertiary alicyclic amines) is 1. The molecular formula is C17H27N3O2. The van der Waals surface area contributed by atoms with Gasteiger partial charge in [0.2, 0.25) is 0 Å². The van der Waals surface area contributed by atoms with Gasteiger partial charge in [-0.3, -0.25) is 9.78 Å². The lowest BCUT2D eigenvalue weighted by molar-refractivity contribution is -0.158. The maximum Gasteiger partial charge on any atom is 0.255 e. The number of aromatic nitrogens is 1. The van der Waals surface area contributed by atoms with Crippen LogP contribution in [-0.4, -0.2) is 46.1 Å². The molecule has 5 heteroatoms. The summed E-state index contributed by atoms with van der Waals surface area (Å²) >= 11 is 0. The number of hydrogen-bond acceptors (Lipinski definition) is 4. The number of nitrogens with zero attached hydrogens (tertiary/aromatic N) is 2. The molecule has 1 fully saturated rings. The average molecular weight is 305 g/mol. The van der Waals surface area contributed by atoms with Crippen LogP contribution in [0.3, 0.4) is 0 Å². The summed E-state index contributed by atoms with van der Waals surface area (Å²) in [5, 5.41) is 13.9. The minimum absolute atomic E-state index is 0.0370. The highest BCUT2D eigenvalue weighted by Gasteiger charge is 2.42. The number of carbonyl (C=O) groups is 1. The lowest BCUT2D eigenvalue weighted by atomic mass is 9.88. The Kier molecular flexibility index (Phi) is 5.19. The molecule has 1 atom stereocenters. The van der Waals surface area contributed by atoms with Gasteiger partial charge in [0.05, 0.1) is 5.69 Å². The van der Waals surface area contributed by atoms with E-state index in [9.17, 15) is 9.90 Å². The van der Waals surface area contributed by atoms with Gasteiger partial charge in [-0.1, -0.05) is 26.8 Å². The van der Waals surface area contributed by atoms with Gasteiger partial charge in [-0.2, -0.15) is 0 Å². The molecule has 122 valence electrons. The summed E-state index contributed by atoms with van der Waals surface area (Å²) < 4.78 is 0. The van der Waals surface area contributed by atoms with Crippen LogP contribution in [-0.2, 0) is 11.3 Å². The monoisotopic (exact) mass is 305 g/mol. The molecule has 0 spiro atoms. The standard InChI is InChI=1S/C17H27N3O2/c1-16(2,3)13-20-10-6-8-17(22,15(20)21)12-18-11-14-7-4-5-9-19-14/h4-5,7,9,18,22H,6,8,10-13H2,1-3H3. The third-order valence-electron chi connectivity index (χ3n) is 3.82. The van der Waals surface area contributed by atoms with E-state index in [4.69, 9.17) is 0 Å². The largest absolute Gasteiger partial charge is 0.379 e. The molecule has 0 radical (unpaired) electrons. The van der Waals surface area contributed by atoms with Crippen LogP contribution in [0.5, 0.6) is 0 Å². The summed E-state index contributed by atoms with van der Waals surface area (Å²) in [6, 6.07) is 5.72. The number of hydrogen-bond donors (Lipinski definition) is 2. The number of aliphatic hydroxyl groups is 1. The zero-order valence-corrected chi connectivity index (χ0v) is 13.8. The van der Waals surface area contributed by atoms with Crippen molar-refractivity contribution >= 4 is 5.91 Å². The van der Waals surface area contributed by atoms with Crippen molar-refractivity contribution in [3.63, 3.8) is 0 Å². The van der Waals surface area contributed by atoms with Crippen LogP contribution in [0.25, 0.3) is 0 Å². The van der Waals surface area contributed by atoms with Gasteiger partial charge in [-0.25, -0.2) is 0 Å². The van der Waals surface area contributed by atoms with Gasteiger partial charge in [0.25, 0.3) is 5.91 Å². The normalized spacial score (nSPS) is 22.9. The first-order chi connectivity index (χ1) is 10.3. The molecular weight excluding hydrogens is 278 g/mol. The van der Waals surface area contributed by atoms with E-state index < -0.39 is 5.60 Å². The molecule has 5 nitrogen and oxygen atoms in total. The van der Waals surface area contributed by atoms with Crippen molar-refractivity contribution in [1.29, 1.82) is 0 Å². The summed E-state index contributed by atoms with van der Waals surface area (Å²) in [5.41, 5.74) is -0.353. The highest BCUT2D eigenvalue weighted by atomic mass is 16.3. The minimum Gasteiger partial charge on any atom is -0.379 e. The predicted octanol–water partition coefficient (Wildman–Crippen LogP) is 1.57. The summed E-state index contributed by atoms with van der Waals surface area (Å²) in [5.74, 6) is -0.151. The third-order valence-corrected chi connectivity index (χ3v) is 3.82. The van der Waals surface area contributed by atoms with Gasteiger partial charge in [0.1, 0.15) is 0 Å². The van der Waals surface area contributed by atoms with Crippen molar-refractivity contribution in [3.05, 3.63) is 30.1 Å². The van der Waals surface area contributed by atoms with E-state index in [1.807, 2.05) is 18.2 Å². The average Bonchev–Trinajstić information content (AvgIpc) is 2.44. The van der Waals surface area contributed by atoms with E-state index in [0.29, 0.717) is 19.5 Å². The van der Waals surface area contributed by atoms with Gasteiger partial charge in [0, 0.05) is 32.4 Å². The number of piperidine rings is 1. The quantitative estimate of drug-likeness (QED) is 0.867. The number of nitrogens with one attached hydrogen (secondary N) is 1. The Balaban J connectivity index is 1.92. The third kappa shape index (κ3) is 4.52. The van der Waals surface area contributed by atoms with E-state index in [0.717, 1.165) is 18.7 Å². The first kappa shape index (κ1) is 16.9. The maximum absolute atomic E-state index is 12.6. The number of carbonyl (C=O) groups excluding carboxylic acids is 1. The molecule has 1 aliphatic heterocycles. The second kappa shape index (κ2) is 6.75. The van der Waals surface area contributed by atoms with Crippen LogP contribution < -0.4 is 5.32 Å². The van der Waals surface area contributed by atoms with E-state index >= 15 is 0 Å². The van der Waals surface area contributed by atoms with Gasteiger partial charge < -0.3 is 15.3 Å².